The Labute approximate surface area is 105 Å². The number of carboxylic acids is 1. The molecule has 0 saturated carbocycles. The van der Waals surface area contributed by atoms with Gasteiger partial charge in [-0.2, -0.15) is 0 Å². The molecule has 0 fully saturated rings. The number of pyridine rings is 1. The SMILES string of the molecule is O=C(O)c1ccnc(Oc2cc(F)ccc2F)c1F. The average molecular weight is 269 g/mol. The van der Waals surface area contributed by atoms with Crippen LogP contribution in [0.15, 0.2) is 30.5 Å². The van der Waals surface area contributed by atoms with Gasteiger partial charge in [-0.15, -0.1) is 0 Å². The van der Waals surface area contributed by atoms with E-state index in [1.807, 2.05) is 0 Å². The maximum absolute atomic E-state index is 13.7. The summed E-state index contributed by atoms with van der Waals surface area (Å²) in [4.78, 5) is 14.1. The maximum Gasteiger partial charge on any atom is 0.338 e. The first-order valence-corrected chi connectivity index (χ1v) is 4.99. The van der Waals surface area contributed by atoms with Crippen LogP contribution >= 0.6 is 0 Å². The Balaban J connectivity index is 2.41. The first kappa shape index (κ1) is 12.9. The zero-order valence-corrected chi connectivity index (χ0v) is 9.23. The quantitative estimate of drug-likeness (QED) is 0.930. The molecule has 2 rings (SSSR count). The van der Waals surface area contributed by atoms with Crippen molar-refractivity contribution in [3.63, 3.8) is 0 Å². The fourth-order valence-electron chi connectivity index (χ4n) is 1.32. The number of hydrogen-bond donors (Lipinski definition) is 1. The predicted molar refractivity (Wildman–Crippen MR) is 57.6 cm³/mol. The molecule has 0 radical (unpaired) electrons. The van der Waals surface area contributed by atoms with Gasteiger partial charge in [-0.1, -0.05) is 0 Å². The highest BCUT2D eigenvalue weighted by molar-refractivity contribution is 5.88. The van der Waals surface area contributed by atoms with Gasteiger partial charge in [0.05, 0.1) is 0 Å². The fourth-order valence-corrected chi connectivity index (χ4v) is 1.32. The van der Waals surface area contributed by atoms with Crippen LogP contribution in [0.5, 0.6) is 11.6 Å². The third-order valence-electron chi connectivity index (χ3n) is 2.19. The van der Waals surface area contributed by atoms with Crippen molar-refractivity contribution in [2.24, 2.45) is 0 Å². The predicted octanol–water partition coefficient (Wildman–Crippen LogP) is 2.99. The number of carboxylic acid groups (broad SMARTS) is 1. The molecule has 0 amide bonds. The van der Waals surface area contributed by atoms with Gasteiger partial charge in [0.1, 0.15) is 11.4 Å². The Morgan fingerprint density at radius 3 is 2.63 bits per heavy atom. The smallest absolute Gasteiger partial charge is 0.338 e. The summed E-state index contributed by atoms with van der Waals surface area (Å²) in [6.45, 7) is 0. The zero-order chi connectivity index (χ0) is 14.0. The Morgan fingerprint density at radius 2 is 1.95 bits per heavy atom. The van der Waals surface area contributed by atoms with Crippen LogP contribution in [-0.4, -0.2) is 16.1 Å². The molecule has 0 saturated heterocycles. The monoisotopic (exact) mass is 269 g/mol. The van der Waals surface area contributed by atoms with Gasteiger partial charge in [-0.25, -0.2) is 22.9 Å². The van der Waals surface area contributed by atoms with Crippen LogP contribution in [0.1, 0.15) is 10.4 Å². The summed E-state index contributed by atoms with van der Waals surface area (Å²) in [5, 5.41) is 8.70. The number of nitrogens with zero attached hydrogens (tertiary/aromatic N) is 1. The second-order valence-electron chi connectivity index (χ2n) is 3.46. The van der Waals surface area contributed by atoms with Crippen molar-refractivity contribution in [3.8, 4) is 11.6 Å². The maximum atomic E-state index is 13.7. The molecule has 1 aromatic heterocycles. The second kappa shape index (κ2) is 4.97. The molecule has 98 valence electrons. The number of rotatable bonds is 3. The molecule has 0 aliphatic heterocycles. The number of benzene rings is 1. The van der Waals surface area contributed by atoms with Gasteiger partial charge < -0.3 is 9.84 Å². The van der Waals surface area contributed by atoms with E-state index in [9.17, 15) is 18.0 Å². The van der Waals surface area contributed by atoms with Crippen molar-refractivity contribution in [1.29, 1.82) is 0 Å². The van der Waals surface area contributed by atoms with Crippen molar-refractivity contribution < 1.29 is 27.8 Å². The summed E-state index contributed by atoms with van der Waals surface area (Å²) >= 11 is 0. The van der Waals surface area contributed by atoms with Crippen molar-refractivity contribution in [2.75, 3.05) is 0 Å². The molecule has 1 heterocycles. The summed E-state index contributed by atoms with van der Waals surface area (Å²) in [5.74, 6) is -5.84. The van der Waals surface area contributed by atoms with Gasteiger partial charge in [0.2, 0.25) is 0 Å². The molecule has 0 aliphatic rings. The summed E-state index contributed by atoms with van der Waals surface area (Å²) in [5.41, 5.74) is -0.679. The molecular weight excluding hydrogens is 263 g/mol. The number of carbonyl (C=O) groups is 1. The molecule has 0 unspecified atom stereocenters. The largest absolute Gasteiger partial charge is 0.478 e. The lowest BCUT2D eigenvalue weighted by atomic mass is 10.2. The van der Waals surface area contributed by atoms with Crippen LogP contribution in [0.3, 0.4) is 0 Å². The first-order valence-electron chi connectivity index (χ1n) is 4.99. The molecule has 4 nitrogen and oxygen atoms in total. The normalized spacial score (nSPS) is 10.3. The molecule has 1 N–H and O–H groups in total. The summed E-state index contributed by atoms with van der Waals surface area (Å²) in [6.07, 6.45) is 0.985. The Morgan fingerprint density at radius 1 is 1.21 bits per heavy atom. The Kier molecular flexibility index (Phi) is 3.37. The standard InChI is InChI=1S/C12H6F3NO3/c13-6-1-2-8(14)9(5-6)19-11-10(15)7(12(17)18)3-4-16-11/h1-5H,(H,17,18). The first-order chi connectivity index (χ1) is 8.99. The number of halogens is 3. The topological polar surface area (TPSA) is 59.4 Å². The van der Waals surface area contributed by atoms with Crippen LogP contribution in [0.2, 0.25) is 0 Å². The van der Waals surface area contributed by atoms with E-state index >= 15 is 0 Å². The van der Waals surface area contributed by atoms with E-state index < -0.39 is 40.6 Å². The fraction of sp³-hybridized carbons (Fsp3) is 0. The van der Waals surface area contributed by atoms with Crippen LogP contribution < -0.4 is 4.74 Å². The Bertz CT molecular complexity index is 646. The zero-order valence-electron chi connectivity index (χ0n) is 9.23. The molecule has 7 heteroatoms. The molecule has 2 aromatic rings. The highest BCUT2D eigenvalue weighted by atomic mass is 19.1. The van der Waals surface area contributed by atoms with Gasteiger partial charge >= 0.3 is 5.97 Å². The van der Waals surface area contributed by atoms with Crippen LogP contribution in [0.4, 0.5) is 13.2 Å². The molecule has 0 atom stereocenters. The molecule has 0 bridgehead atoms. The summed E-state index contributed by atoms with van der Waals surface area (Å²) < 4.78 is 44.6. The van der Waals surface area contributed by atoms with E-state index in [2.05, 4.69) is 4.98 Å². The van der Waals surface area contributed by atoms with Gasteiger partial charge in [-0.3, -0.25) is 0 Å². The molecule has 0 aliphatic carbocycles. The van der Waals surface area contributed by atoms with E-state index in [4.69, 9.17) is 9.84 Å². The minimum atomic E-state index is -1.52. The lowest BCUT2D eigenvalue weighted by Gasteiger charge is -2.07. The van der Waals surface area contributed by atoms with Crippen molar-refractivity contribution >= 4 is 5.97 Å². The minimum Gasteiger partial charge on any atom is -0.478 e. The van der Waals surface area contributed by atoms with E-state index in [1.54, 1.807) is 0 Å². The number of aromatic nitrogens is 1. The molecule has 0 spiro atoms. The van der Waals surface area contributed by atoms with E-state index in [1.165, 1.54) is 0 Å². The van der Waals surface area contributed by atoms with E-state index in [0.717, 1.165) is 24.4 Å². The van der Waals surface area contributed by atoms with Crippen LogP contribution in [0.25, 0.3) is 0 Å². The number of ether oxygens (including phenoxy) is 1. The summed E-state index contributed by atoms with van der Waals surface area (Å²) in [6, 6.07) is 3.28. The minimum absolute atomic E-state index is 0.589. The van der Waals surface area contributed by atoms with Gasteiger partial charge in [0.15, 0.2) is 17.4 Å². The van der Waals surface area contributed by atoms with Crippen molar-refractivity contribution in [1.82, 2.24) is 4.98 Å². The number of aromatic carboxylic acids is 1. The third kappa shape index (κ3) is 2.65. The highest BCUT2D eigenvalue weighted by Crippen LogP contribution is 2.26. The molecule has 19 heavy (non-hydrogen) atoms. The lowest BCUT2D eigenvalue weighted by molar-refractivity contribution is 0.0690. The van der Waals surface area contributed by atoms with Crippen molar-refractivity contribution in [2.45, 2.75) is 0 Å². The van der Waals surface area contributed by atoms with Crippen LogP contribution in [0, 0.1) is 17.5 Å². The Hall–Kier alpha value is -2.57. The number of hydrogen-bond acceptors (Lipinski definition) is 3. The lowest BCUT2D eigenvalue weighted by Crippen LogP contribution is -2.04. The summed E-state index contributed by atoms with van der Waals surface area (Å²) in [7, 11) is 0. The van der Waals surface area contributed by atoms with Gasteiger partial charge in [0.25, 0.3) is 5.88 Å². The van der Waals surface area contributed by atoms with Gasteiger partial charge in [0, 0.05) is 12.3 Å². The average Bonchev–Trinajstić information content (AvgIpc) is 2.36. The molecular formula is C12H6F3NO3. The second-order valence-corrected chi connectivity index (χ2v) is 3.46. The van der Waals surface area contributed by atoms with Crippen LogP contribution in [-0.2, 0) is 0 Å². The van der Waals surface area contributed by atoms with E-state index in [0.29, 0.717) is 6.07 Å². The third-order valence-corrected chi connectivity index (χ3v) is 2.19. The van der Waals surface area contributed by atoms with Gasteiger partial charge in [-0.05, 0) is 18.2 Å². The van der Waals surface area contributed by atoms with Crippen molar-refractivity contribution in [3.05, 3.63) is 53.5 Å². The van der Waals surface area contributed by atoms with E-state index in [-0.39, 0.29) is 0 Å². The highest BCUT2D eigenvalue weighted by Gasteiger charge is 2.18. The molecule has 1 aromatic carbocycles.